The van der Waals surface area contributed by atoms with Crippen LogP contribution in [0.3, 0.4) is 0 Å². The molecule has 2 amide bonds. The average Bonchev–Trinajstić information content (AvgIpc) is 3.29. The molecule has 33 heavy (non-hydrogen) atoms. The van der Waals surface area contributed by atoms with E-state index in [0.717, 1.165) is 69.1 Å². The summed E-state index contributed by atoms with van der Waals surface area (Å²) in [7, 11) is 0. The molecule has 2 aromatic rings. The van der Waals surface area contributed by atoms with Crippen LogP contribution < -0.4 is 15.5 Å². The number of anilines is 1. The number of hydrogen-bond donors (Lipinski definition) is 2. The molecule has 0 radical (unpaired) electrons. The molecule has 1 aromatic heterocycles. The van der Waals surface area contributed by atoms with Crippen LogP contribution >= 0.6 is 0 Å². The molecule has 1 aliphatic heterocycles. The number of piperazine rings is 1. The Morgan fingerprint density at radius 1 is 1.12 bits per heavy atom. The zero-order valence-electron chi connectivity index (χ0n) is 18.7. The second-order valence-electron chi connectivity index (χ2n) is 8.73. The molecule has 9 heteroatoms. The van der Waals surface area contributed by atoms with Gasteiger partial charge in [-0.3, -0.25) is 4.90 Å². The van der Waals surface area contributed by atoms with Gasteiger partial charge in [0, 0.05) is 50.4 Å². The lowest BCUT2D eigenvalue weighted by molar-refractivity contribution is -0.137. The maximum Gasteiger partial charge on any atom is 0.416 e. The van der Waals surface area contributed by atoms with Crippen LogP contribution in [0.25, 0.3) is 0 Å². The number of unbranched alkanes of at least 4 members (excludes halogenated alkanes) is 1. The van der Waals surface area contributed by atoms with E-state index in [2.05, 4.69) is 15.5 Å². The first kappa shape index (κ1) is 23.5. The van der Waals surface area contributed by atoms with Crippen molar-refractivity contribution in [3.8, 4) is 0 Å². The van der Waals surface area contributed by atoms with Crippen LogP contribution in [0.15, 0.2) is 41.0 Å². The Morgan fingerprint density at radius 2 is 1.94 bits per heavy atom. The highest BCUT2D eigenvalue weighted by Gasteiger charge is 2.31. The van der Waals surface area contributed by atoms with Crippen molar-refractivity contribution in [3.05, 3.63) is 53.5 Å². The first-order valence-corrected chi connectivity index (χ1v) is 11.7. The molecule has 1 fully saturated rings. The van der Waals surface area contributed by atoms with Crippen LogP contribution in [0.2, 0.25) is 0 Å². The number of carbonyl (C=O) groups is 1. The molecule has 1 aromatic carbocycles. The third-order valence-electron chi connectivity index (χ3n) is 6.45. The maximum absolute atomic E-state index is 13.0. The summed E-state index contributed by atoms with van der Waals surface area (Å²) in [6.45, 7) is 4.58. The number of nitrogens with zero attached hydrogens (tertiary/aromatic N) is 2. The molecule has 6 nitrogen and oxygen atoms in total. The number of hydrogen-bond acceptors (Lipinski definition) is 4. The van der Waals surface area contributed by atoms with Gasteiger partial charge < -0.3 is 20.0 Å². The second-order valence-corrected chi connectivity index (χ2v) is 8.73. The Bertz CT molecular complexity index is 922. The highest BCUT2D eigenvalue weighted by Crippen LogP contribution is 2.32. The highest BCUT2D eigenvalue weighted by molar-refractivity contribution is 5.74. The van der Waals surface area contributed by atoms with Gasteiger partial charge in [0.1, 0.15) is 5.76 Å². The van der Waals surface area contributed by atoms with Gasteiger partial charge in [0.15, 0.2) is 0 Å². The van der Waals surface area contributed by atoms with Crippen molar-refractivity contribution in [2.24, 2.45) is 0 Å². The van der Waals surface area contributed by atoms with E-state index in [9.17, 15) is 18.0 Å². The van der Waals surface area contributed by atoms with Crippen LogP contribution in [0.4, 0.5) is 23.7 Å². The van der Waals surface area contributed by atoms with E-state index < -0.39 is 11.7 Å². The van der Waals surface area contributed by atoms with Crippen LogP contribution in [0, 0.1) is 0 Å². The van der Waals surface area contributed by atoms with E-state index in [1.54, 1.807) is 12.3 Å². The molecule has 1 saturated heterocycles. The minimum absolute atomic E-state index is 0.0145. The first-order chi connectivity index (χ1) is 15.9. The molecule has 0 spiro atoms. The highest BCUT2D eigenvalue weighted by atomic mass is 19.4. The summed E-state index contributed by atoms with van der Waals surface area (Å²) in [6.07, 6.45) is 2.06. The van der Waals surface area contributed by atoms with Crippen molar-refractivity contribution in [2.75, 3.05) is 44.2 Å². The zero-order valence-corrected chi connectivity index (χ0v) is 18.7. The van der Waals surface area contributed by atoms with E-state index in [-0.39, 0.29) is 12.1 Å². The summed E-state index contributed by atoms with van der Waals surface area (Å²) >= 11 is 0. The lowest BCUT2D eigenvalue weighted by Crippen LogP contribution is -2.46. The largest absolute Gasteiger partial charge is 0.469 e. The van der Waals surface area contributed by atoms with Gasteiger partial charge in [0.05, 0.1) is 17.9 Å². The predicted octanol–water partition coefficient (Wildman–Crippen LogP) is 4.58. The van der Waals surface area contributed by atoms with Gasteiger partial charge in [0.25, 0.3) is 0 Å². The number of halogens is 3. The molecule has 2 aliphatic rings. The van der Waals surface area contributed by atoms with E-state index >= 15 is 0 Å². The first-order valence-electron chi connectivity index (χ1n) is 11.7. The van der Waals surface area contributed by atoms with Gasteiger partial charge in [-0.1, -0.05) is 6.07 Å². The summed E-state index contributed by atoms with van der Waals surface area (Å²) in [6, 6.07) is 7.35. The number of carbonyl (C=O) groups excluding carboxylic acids is 1. The van der Waals surface area contributed by atoms with Crippen molar-refractivity contribution < 1.29 is 22.4 Å². The normalized spacial score (nSPS) is 19.2. The van der Waals surface area contributed by atoms with Crippen molar-refractivity contribution in [1.29, 1.82) is 0 Å². The Labute approximate surface area is 192 Å². The number of benzene rings is 1. The summed E-state index contributed by atoms with van der Waals surface area (Å²) in [5.41, 5.74) is 1.11. The average molecular weight is 465 g/mol. The van der Waals surface area contributed by atoms with Gasteiger partial charge in [0.2, 0.25) is 0 Å². The number of aryl methyl sites for hydroxylation is 1. The van der Waals surface area contributed by atoms with E-state index in [4.69, 9.17) is 4.42 Å². The van der Waals surface area contributed by atoms with Gasteiger partial charge >= 0.3 is 12.2 Å². The fraction of sp³-hybridized carbons (Fsp3) is 0.542. The van der Waals surface area contributed by atoms with Gasteiger partial charge in [-0.25, -0.2) is 4.79 Å². The van der Waals surface area contributed by atoms with Gasteiger partial charge in [-0.05, 0) is 56.5 Å². The molecular formula is C24H31F3N4O2. The van der Waals surface area contributed by atoms with E-state index in [1.165, 1.54) is 12.1 Å². The smallest absolute Gasteiger partial charge is 0.416 e. The third-order valence-corrected chi connectivity index (χ3v) is 6.45. The number of urea groups is 1. The van der Waals surface area contributed by atoms with Crippen LogP contribution in [-0.4, -0.2) is 50.2 Å². The fourth-order valence-corrected chi connectivity index (χ4v) is 4.62. The molecule has 1 aliphatic carbocycles. The number of furan rings is 1. The van der Waals surface area contributed by atoms with Crippen molar-refractivity contribution in [1.82, 2.24) is 15.5 Å². The maximum atomic E-state index is 13.0. The summed E-state index contributed by atoms with van der Waals surface area (Å²) in [4.78, 5) is 16.6. The number of nitrogens with one attached hydrogen (secondary N) is 2. The van der Waals surface area contributed by atoms with E-state index in [0.29, 0.717) is 25.3 Å². The molecule has 1 atom stereocenters. The minimum atomic E-state index is -4.32. The summed E-state index contributed by atoms with van der Waals surface area (Å²) in [5, 5.41) is 5.98. The lowest BCUT2D eigenvalue weighted by atomic mass is 9.93. The van der Waals surface area contributed by atoms with Crippen LogP contribution in [0.1, 0.15) is 48.6 Å². The molecule has 0 bridgehead atoms. The van der Waals surface area contributed by atoms with Crippen molar-refractivity contribution >= 4 is 11.7 Å². The standard InChI is InChI=1S/C24H31F3N4O2/c25-24(26,27)18-5-3-6-19(17-18)31-14-12-30(13-15-31)11-2-1-10-28-23(32)29-21-7-4-8-22-20(21)9-16-33-22/h3,5-6,9,16-17,21H,1-2,4,7-8,10-15H2,(H2,28,29,32). The number of rotatable bonds is 7. The monoisotopic (exact) mass is 464 g/mol. The number of alkyl halides is 3. The van der Waals surface area contributed by atoms with Crippen molar-refractivity contribution in [2.45, 2.75) is 44.3 Å². The Morgan fingerprint density at radius 3 is 2.73 bits per heavy atom. The topological polar surface area (TPSA) is 60.8 Å². The molecule has 1 unspecified atom stereocenters. The molecular weight excluding hydrogens is 433 g/mol. The van der Waals surface area contributed by atoms with E-state index in [1.807, 2.05) is 11.0 Å². The molecule has 180 valence electrons. The molecule has 0 saturated carbocycles. The predicted molar refractivity (Wildman–Crippen MR) is 120 cm³/mol. The molecule has 4 rings (SSSR count). The van der Waals surface area contributed by atoms with Gasteiger partial charge in [-0.15, -0.1) is 0 Å². The Balaban J connectivity index is 1.11. The Hall–Kier alpha value is -2.68. The molecule has 2 heterocycles. The fourth-order valence-electron chi connectivity index (χ4n) is 4.62. The molecule has 2 N–H and O–H groups in total. The number of fused-ring (bicyclic) bond motifs is 1. The second kappa shape index (κ2) is 10.5. The van der Waals surface area contributed by atoms with Crippen LogP contribution in [-0.2, 0) is 12.6 Å². The summed E-state index contributed by atoms with van der Waals surface area (Å²) in [5.74, 6) is 0.972. The zero-order chi connectivity index (χ0) is 23.3. The third kappa shape index (κ3) is 6.22. The quantitative estimate of drug-likeness (QED) is 0.589. The minimum Gasteiger partial charge on any atom is -0.469 e. The number of amides is 2. The lowest BCUT2D eigenvalue weighted by Gasteiger charge is -2.36. The SMILES string of the molecule is O=C(NCCCCN1CCN(c2cccc(C(F)(F)F)c2)CC1)NC1CCCc2occc21. The van der Waals surface area contributed by atoms with Crippen molar-refractivity contribution in [3.63, 3.8) is 0 Å². The van der Waals surface area contributed by atoms with Crippen LogP contribution in [0.5, 0.6) is 0 Å². The Kier molecular flexibility index (Phi) is 7.47. The van der Waals surface area contributed by atoms with Gasteiger partial charge in [-0.2, -0.15) is 13.2 Å². The summed E-state index contributed by atoms with van der Waals surface area (Å²) < 4.78 is 44.3.